The lowest BCUT2D eigenvalue weighted by Gasteiger charge is -2.33. The lowest BCUT2D eigenvalue weighted by molar-refractivity contribution is -0.123. The summed E-state index contributed by atoms with van der Waals surface area (Å²) in [5.41, 5.74) is 6.99. The van der Waals surface area contributed by atoms with Crippen LogP contribution in [-0.2, 0) is 4.79 Å². The Hall–Kier alpha value is -2.17. The molecule has 2 saturated heterocycles. The van der Waals surface area contributed by atoms with E-state index in [4.69, 9.17) is 0 Å². The minimum Gasteiger partial charge on any atom is -0.355 e. The van der Waals surface area contributed by atoms with E-state index in [1.165, 1.54) is 0 Å². The Kier molecular flexibility index (Phi) is 5.51. The fraction of sp³-hybridized carbons (Fsp3) is 0.611. The summed E-state index contributed by atoms with van der Waals surface area (Å²) in [7, 11) is 0. The van der Waals surface area contributed by atoms with Crippen molar-refractivity contribution in [2.75, 3.05) is 18.0 Å². The maximum absolute atomic E-state index is 12.4. The quantitative estimate of drug-likeness (QED) is 0.754. The highest BCUT2D eigenvalue weighted by Crippen LogP contribution is 2.22. The first-order chi connectivity index (χ1) is 12.1. The molecule has 2 aliphatic rings. The van der Waals surface area contributed by atoms with Crippen LogP contribution in [0.15, 0.2) is 18.3 Å². The molecule has 0 radical (unpaired) electrons. The van der Waals surface area contributed by atoms with Gasteiger partial charge in [-0.05, 0) is 38.8 Å². The van der Waals surface area contributed by atoms with E-state index in [-0.39, 0.29) is 11.9 Å². The number of nitriles is 1. The number of piperidine rings is 1. The molecule has 1 aromatic rings. The summed E-state index contributed by atoms with van der Waals surface area (Å²) in [6.45, 7) is 5.81. The summed E-state index contributed by atoms with van der Waals surface area (Å²) in [6.07, 6.45) is 4.01. The van der Waals surface area contributed by atoms with Crippen molar-refractivity contribution in [1.82, 2.24) is 21.2 Å². The van der Waals surface area contributed by atoms with Gasteiger partial charge in [-0.25, -0.2) is 4.98 Å². The van der Waals surface area contributed by atoms with E-state index >= 15 is 0 Å². The number of nitrogens with one attached hydrogen (secondary N) is 3. The van der Waals surface area contributed by atoms with Crippen LogP contribution in [-0.4, -0.2) is 42.1 Å². The third-order valence-electron chi connectivity index (χ3n) is 5.31. The topological polar surface area (TPSA) is 93.1 Å². The lowest BCUT2D eigenvalue weighted by atomic mass is 9.92. The number of anilines is 1. The Morgan fingerprint density at radius 2 is 2.04 bits per heavy atom. The molecule has 2 fully saturated rings. The van der Waals surface area contributed by atoms with Crippen molar-refractivity contribution in [2.24, 2.45) is 5.92 Å². The van der Waals surface area contributed by atoms with Crippen LogP contribution in [0.5, 0.6) is 0 Å². The van der Waals surface area contributed by atoms with Gasteiger partial charge in [0.15, 0.2) is 0 Å². The average molecular weight is 342 g/mol. The van der Waals surface area contributed by atoms with E-state index in [2.05, 4.69) is 46.0 Å². The highest BCUT2D eigenvalue weighted by molar-refractivity contribution is 5.76. The predicted octanol–water partition coefficient (Wildman–Crippen LogP) is 0.929. The zero-order chi connectivity index (χ0) is 17.8. The fourth-order valence-corrected chi connectivity index (χ4v) is 3.74. The number of carbonyl (C=O) groups is 1. The molecule has 0 spiro atoms. The van der Waals surface area contributed by atoms with Gasteiger partial charge < -0.3 is 10.2 Å². The summed E-state index contributed by atoms with van der Waals surface area (Å²) in [4.78, 5) is 18.9. The second-order valence-corrected chi connectivity index (χ2v) is 7.05. The predicted molar refractivity (Wildman–Crippen MR) is 95.6 cm³/mol. The number of nitrogens with zero attached hydrogens (tertiary/aromatic N) is 3. The number of carbonyl (C=O) groups excluding carboxylic acids is 1. The molecule has 7 nitrogen and oxygen atoms in total. The molecule has 2 aliphatic heterocycles. The maximum Gasteiger partial charge on any atom is 0.220 e. The van der Waals surface area contributed by atoms with Gasteiger partial charge in [-0.3, -0.25) is 15.6 Å². The van der Waals surface area contributed by atoms with Gasteiger partial charge in [-0.15, -0.1) is 0 Å². The molecule has 0 aliphatic carbocycles. The van der Waals surface area contributed by atoms with E-state index in [0.717, 1.165) is 31.7 Å². The van der Waals surface area contributed by atoms with E-state index in [1.54, 1.807) is 18.3 Å². The molecule has 7 heteroatoms. The largest absolute Gasteiger partial charge is 0.355 e. The summed E-state index contributed by atoms with van der Waals surface area (Å²) in [5, 5.41) is 12.4. The van der Waals surface area contributed by atoms with Gasteiger partial charge >= 0.3 is 0 Å². The molecule has 2 unspecified atom stereocenters. The van der Waals surface area contributed by atoms with Crippen molar-refractivity contribution in [3.8, 4) is 6.07 Å². The van der Waals surface area contributed by atoms with Crippen molar-refractivity contribution < 1.29 is 4.79 Å². The van der Waals surface area contributed by atoms with Crippen LogP contribution in [0.4, 0.5) is 5.82 Å². The number of amides is 1. The molecule has 1 aromatic heterocycles. The minimum atomic E-state index is 0.128. The van der Waals surface area contributed by atoms with Crippen LogP contribution >= 0.6 is 0 Å². The normalized spacial score (nSPS) is 27.1. The van der Waals surface area contributed by atoms with Crippen LogP contribution in [0.3, 0.4) is 0 Å². The number of aromatic nitrogens is 1. The van der Waals surface area contributed by atoms with Gasteiger partial charge in [0.25, 0.3) is 0 Å². The van der Waals surface area contributed by atoms with E-state index in [9.17, 15) is 10.1 Å². The molecule has 2 atom stereocenters. The van der Waals surface area contributed by atoms with Crippen molar-refractivity contribution >= 4 is 11.7 Å². The molecule has 134 valence electrons. The Morgan fingerprint density at radius 3 is 2.68 bits per heavy atom. The zero-order valence-corrected chi connectivity index (χ0v) is 14.8. The smallest absolute Gasteiger partial charge is 0.220 e. The van der Waals surface area contributed by atoms with Crippen molar-refractivity contribution in [3.63, 3.8) is 0 Å². The SMILES string of the molecule is CC1NNC(C)C1CC(=O)NC1CCN(c2ncccc2C#N)CC1. The van der Waals surface area contributed by atoms with Crippen LogP contribution in [0.25, 0.3) is 0 Å². The van der Waals surface area contributed by atoms with Gasteiger partial charge in [-0.1, -0.05) is 0 Å². The maximum atomic E-state index is 12.4. The molecule has 3 heterocycles. The number of rotatable bonds is 4. The van der Waals surface area contributed by atoms with Gasteiger partial charge in [0.1, 0.15) is 11.9 Å². The Morgan fingerprint density at radius 1 is 1.36 bits per heavy atom. The number of hydrazine groups is 1. The molecule has 25 heavy (non-hydrogen) atoms. The standard InChI is InChI=1S/C18H26N6O/c1-12-16(13(2)23-22-12)10-17(25)21-15-5-8-24(9-6-15)18-14(11-19)4-3-7-20-18/h3-4,7,12-13,15-16,22-23H,5-6,8-10H2,1-2H3,(H,21,25). The third kappa shape index (κ3) is 4.09. The van der Waals surface area contributed by atoms with Crippen LogP contribution < -0.4 is 21.1 Å². The van der Waals surface area contributed by atoms with Gasteiger partial charge in [0, 0.05) is 49.8 Å². The van der Waals surface area contributed by atoms with E-state index < -0.39 is 0 Å². The third-order valence-corrected chi connectivity index (χ3v) is 5.31. The zero-order valence-electron chi connectivity index (χ0n) is 14.8. The van der Waals surface area contributed by atoms with Gasteiger partial charge in [0.2, 0.25) is 5.91 Å². The highest BCUT2D eigenvalue weighted by Gasteiger charge is 2.32. The van der Waals surface area contributed by atoms with Crippen molar-refractivity contribution in [1.29, 1.82) is 5.26 Å². The van der Waals surface area contributed by atoms with Crippen molar-refractivity contribution in [2.45, 2.75) is 51.2 Å². The molecule has 3 rings (SSSR count). The minimum absolute atomic E-state index is 0.128. The summed E-state index contributed by atoms with van der Waals surface area (Å²) in [6, 6.07) is 6.58. The van der Waals surface area contributed by atoms with E-state index in [0.29, 0.717) is 30.0 Å². The summed E-state index contributed by atoms with van der Waals surface area (Å²) in [5.74, 6) is 1.19. The second kappa shape index (κ2) is 7.81. The monoisotopic (exact) mass is 342 g/mol. The lowest BCUT2D eigenvalue weighted by Crippen LogP contribution is -2.46. The summed E-state index contributed by atoms with van der Waals surface area (Å²) < 4.78 is 0. The van der Waals surface area contributed by atoms with Crippen molar-refractivity contribution in [3.05, 3.63) is 23.9 Å². The number of hydrogen-bond acceptors (Lipinski definition) is 6. The first-order valence-corrected chi connectivity index (χ1v) is 8.99. The molecule has 0 aromatic carbocycles. The molecule has 0 saturated carbocycles. The molecule has 0 bridgehead atoms. The van der Waals surface area contributed by atoms with Crippen LogP contribution in [0.1, 0.15) is 38.7 Å². The second-order valence-electron chi connectivity index (χ2n) is 7.05. The first kappa shape index (κ1) is 17.6. The van der Waals surface area contributed by atoms with Crippen LogP contribution in [0.2, 0.25) is 0 Å². The molecular formula is C18H26N6O. The number of pyridine rings is 1. The fourth-order valence-electron chi connectivity index (χ4n) is 3.74. The van der Waals surface area contributed by atoms with Gasteiger partial charge in [0.05, 0.1) is 5.56 Å². The van der Waals surface area contributed by atoms with Gasteiger partial charge in [-0.2, -0.15) is 5.26 Å². The van der Waals surface area contributed by atoms with Crippen LogP contribution in [0, 0.1) is 17.2 Å². The Bertz CT molecular complexity index is 639. The summed E-state index contributed by atoms with van der Waals surface area (Å²) >= 11 is 0. The number of hydrogen-bond donors (Lipinski definition) is 3. The molecular weight excluding hydrogens is 316 g/mol. The Labute approximate surface area is 148 Å². The molecule has 3 N–H and O–H groups in total. The molecule has 1 amide bonds. The van der Waals surface area contributed by atoms with E-state index in [1.807, 2.05) is 0 Å². The Balaban J connectivity index is 1.49. The highest BCUT2D eigenvalue weighted by atomic mass is 16.1. The average Bonchev–Trinajstić information content (AvgIpc) is 2.94. The first-order valence-electron chi connectivity index (χ1n) is 8.99.